The number of aryl methyl sites for hydroxylation is 2. The van der Waals surface area contributed by atoms with Gasteiger partial charge in [0.25, 0.3) is 5.91 Å². The molecule has 0 aliphatic carbocycles. The number of H-pyrrole nitrogens is 1. The second-order valence-electron chi connectivity index (χ2n) is 7.07. The summed E-state index contributed by atoms with van der Waals surface area (Å²) < 4.78 is 15.9. The topological polar surface area (TPSA) is 135 Å². The number of carbonyl (C=O) groups excluding carboxylic acids is 2. The van der Waals surface area contributed by atoms with E-state index in [9.17, 15) is 9.59 Å². The van der Waals surface area contributed by atoms with Crippen molar-refractivity contribution in [1.29, 1.82) is 0 Å². The molecular formula is C20H22N6O5. The average molecular weight is 426 g/mol. The molecule has 0 radical (unpaired) electrons. The molecule has 31 heavy (non-hydrogen) atoms. The van der Waals surface area contributed by atoms with Crippen LogP contribution in [0.3, 0.4) is 0 Å². The van der Waals surface area contributed by atoms with Crippen LogP contribution in [-0.2, 0) is 17.6 Å². The van der Waals surface area contributed by atoms with Crippen molar-refractivity contribution in [2.24, 2.45) is 0 Å². The van der Waals surface area contributed by atoms with Crippen LogP contribution in [0.15, 0.2) is 23.0 Å². The number of aromatic amines is 1. The van der Waals surface area contributed by atoms with Crippen LogP contribution < -0.4 is 19.7 Å². The molecular weight excluding hydrogens is 404 g/mol. The Balaban J connectivity index is 1.59. The van der Waals surface area contributed by atoms with Gasteiger partial charge in [0.15, 0.2) is 11.5 Å². The van der Waals surface area contributed by atoms with Gasteiger partial charge in [-0.3, -0.25) is 14.9 Å². The number of urea groups is 1. The number of nitrogens with zero attached hydrogens (tertiary/aromatic N) is 4. The summed E-state index contributed by atoms with van der Waals surface area (Å²) in [6.07, 6.45) is 3.61. The lowest BCUT2D eigenvalue weighted by Gasteiger charge is -2.14. The quantitative estimate of drug-likeness (QED) is 0.545. The maximum Gasteiger partial charge on any atom is 0.329 e. The Kier molecular flexibility index (Phi) is 5.32. The summed E-state index contributed by atoms with van der Waals surface area (Å²) in [5.74, 6) is 1.18. The highest BCUT2D eigenvalue weighted by molar-refractivity contribution is 6.21. The van der Waals surface area contributed by atoms with E-state index in [0.29, 0.717) is 40.8 Å². The molecule has 1 atom stereocenters. The zero-order valence-corrected chi connectivity index (χ0v) is 17.6. The van der Waals surface area contributed by atoms with Gasteiger partial charge < -0.3 is 19.3 Å². The third kappa shape index (κ3) is 3.58. The lowest BCUT2D eigenvalue weighted by Crippen LogP contribution is -2.33. The van der Waals surface area contributed by atoms with Gasteiger partial charge in [-0.2, -0.15) is 5.10 Å². The van der Waals surface area contributed by atoms with Crippen LogP contribution in [0.2, 0.25) is 0 Å². The summed E-state index contributed by atoms with van der Waals surface area (Å²) in [7, 11) is 3.02. The van der Waals surface area contributed by atoms with Crippen LogP contribution in [0, 0.1) is 13.8 Å². The van der Waals surface area contributed by atoms with Crippen molar-refractivity contribution >= 4 is 17.6 Å². The van der Waals surface area contributed by atoms with Gasteiger partial charge in [-0.25, -0.2) is 9.69 Å². The molecule has 1 saturated heterocycles. The molecule has 4 heterocycles. The monoisotopic (exact) mass is 426 g/mol. The fourth-order valence-corrected chi connectivity index (χ4v) is 3.64. The Morgan fingerprint density at radius 3 is 2.68 bits per heavy atom. The van der Waals surface area contributed by atoms with E-state index < -0.39 is 18.0 Å². The Hall–Kier alpha value is -3.89. The van der Waals surface area contributed by atoms with Crippen molar-refractivity contribution in [3.63, 3.8) is 0 Å². The first-order chi connectivity index (χ1) is 14.9. The predicted molar refractivity (Wildman–Crippen MR) is 108 cm³/mol. The number of aromatic nitrogens is 4. The number of anilines is 1. The predicted octanol–water partition coefficient (Wildman–Crippen LogP) is 1.69. The first-order valence-electron chi connectivity index (χ1n) is 9.59. The zero-order valence-electron chi connectivity index (χ0n) is 17.6. The van der Waals surface area contributed by atoms with Gasteiger partial charge in [-0.1, -0.05) is 5.16 Å². The van der Waals surface area contributed by atoms with Crippen molar-refractivity contribution in [1.82, 2.24) is 25.7 Å². The minimum absolute atomic E-state index is 0.151. The minimum atomic E-state index is -0.803. The molecule has 0 aromatic carbocycles. The number of rotatable bonds is 7. The van der Waals surface area contributed by atoms with E-state index in [0.717, 1.165) is 16.2 Å². The molecule has 11 heteroatoms. The lowest BCUT2D eigenvalue weighted by molar-refractivity contribution is -0.118. The second kappa shape index (κ2) is 8.09. The number of nitrogens with one attached hydrogen (secondary N) is 2. The lowest BCUT2D eigenvalue weighted by atomic mass is 10.1. The number of imide groups is 1. The van der Waals surface area contributed by atoms with Gasteiger partial charge >= 0.3 is 6.03 Å². The molecule has 3 aromatic heterocycles. The first-order valence-corrected chi connectivity index (χ1v) is 9.59. The molecule has 3 amide bonds. The van der Waals surface area contributed by atoms with Gasteiger partial charge in [0, 0.05) is 36.9 Å². The van der Waals surface area contributed by atoms with E-state index in [4.69, 9.17) is 14.0 Å². The highest BCUT2D eigenvalue weighted by atomic mass is 16.5. The van der Waals surface area contributed by atoms with Crippen molar-refractivity contribution in [2.75, 3.05) is 19.1 Å². The van der Waals surface area contributed by atoms with E-state index in [1.165, 1.54) is 20.4 Å². The van der Waals surface area contributed by atoms with Crippen LogP contribution in [0.4, 0.5) is 10.5 Å². The van der Waals surface area contributed by atoms with Gasteiger partial charge in [-0.15, -0.1) is 0 Å². The largest absolute Gasteiger partial charge is 0.493 e. The molecule has 0 saturated carbocycles. The second-order valence-corrected chi connectivity index (χ2v) is 7.07. The van der Waals surface area contributed by atoms with Crippen LogP contribution in [0.5, 0.6) is 11.5 Å². The molecule has 162 valence electrons. The Bertz CT molecular complexity index is 1120. The number of carbonyl (C=O) groups is 2. The molecule has 1 aliphatic rings. The molecule has 3 aromatic rings. The molecule has 11 nitrogen and oxygen atoms in total. The van der Waals surface area contributed by atoms with Crippen molar-refractivity contribution < 1.29 is 23.6 Å². The Morgan fingerprint density at radius 2 is 2.00 bits per heavy atom. The fraction of sp³-hybridized carbons (Fsp3) is 0.350. The molecule has 4 rings (SSSR count). The van der Waals surface area contributed by atoms with Crippen LogP contribution >= 0.6 is 0 Å². The van der Waals surface area contributed by atoms with Crippen molar-refractivity contribution in [3.8, 4) is 11.5 Å². The SMILES string of the molecule is COc1ccnc(CC2NC(=O)N(c3c[nH]nc3Cc3c(C)noc3C)C2=O)c1OC. The standard InChI is InChI=1S/C20H22N6O5/c1-10-12(11(2)31-25-10)7-13-16(9-22-24-13)26-19(27)15(23-20(26)28)8-14-18(30-4)17(29-3)5-6-21-14/h5-6,9,15H,7-8H2,1-4H3,(H,22,24)(H,23,28). The van der Waals surface area contributed by atoms with Gasteiger partial charge in [-0.05, 0) is 13.8 Å². The van der Waals surface area contributed by atoms with E-state index in [1.54, 1.807) is 19.2 Å². The molecule has 0 spiro atoms. The summed E-state index contributed by atoms with van der Waals surface area (Å²) in [6.45, 7) is 3.64. The minimum Gasteiger partial charge on any atom is -0.493 e. The number of hydrogen-bond donors (Lipinski definition) is 2. The van der Waals surface area contributed by atoms with E-state index in [1.807, 2.05) is 6.92 Å². The summed E-state index contributed by atoms with van der Waals surface area (Å²) >= 11 is 0. The molecule has 0 bridgehead atoms. The fourth-order valence-electron chi connectivity index (χ4n) is 3.64. The summed E-state index contributed by atoms with van der Waals surface area (Å²) in [6, 6.07) is 0.331. The zero-order chi connectivity index (χ0) is 22.1. The van der Waals surface area contributed by atoms with Crippen molar-refractivity contribution in [3.05, 3.63) is 46.9 Å². The average Bonchev–Trinajstić information content (AvgIpc) is 3.42. The summed E-state index contributed by atoms with van der Waals surface area (Å²) in [5.41, 5.74) is 3.02. The van der Waals surface area contributed by atoms with Crippen molar-refractivity contribution in [2.45, 2.75) is 32.7 Å². The molecule has 2 N–H and O–H groups in total. The maximum absolute atomic E-state index is 13.1. The summed E-state index contributed by atoms with van der Waals surface area (Å²) in [5, 5.41) is 13.6. The van der Waals surface area contributed by atoms with Crippen LogP contribution in [0.25, 0.3) is 0 Å². The highest BCUT2D eigenvalue weighted by Gasteiger charge is 2.41. The number of hydrogen-bond acceptors (Lipinski definition) is 8. The van der Waals surface area contributed by atoms with Gasteiger partial charge in [0.2, 0.25) is 0 Å². The van der Waals surface area contributed by atoms with E-state index in [2.05, 4.69) is 25.7 Å². The number of methoxy groups -OCH3 is 2. The third-order valence-corrected chi connectivity index (χ3v) is 5.25. The van der Waals surface area contributed by atoms with E-state index in [-0.39, 0.29) is 6.42 Å². The van der Waals surface area contributed by atoms with Crippen LogP contribution in [0.1, 0.15) is 28.4 Å². The highest BCUT2D eigenvalue weighted by Crippen LogP contribution is 2.32. The molecule has 1 fully saturated rings. The Morgan fingerprint density at radius 1 is 1.19 bits per heavy atom. The van der Waals surface area contributed by atoms with Gasteiger partial charge in [0.05, 0.1) is 37.0 Å². The Labute approximate surface area is 177 Å². The molecule has 1 aliphatic heterocycles. The van der Waals surface area contributed by atoms with Gasteiger partial charge in [0.1, 0.15) is 11.8 Å². The number of pyridine rings is 1. The third-order valence-electron chi connectivity index (χ3n) is 5.25. The smallest absolute Gasteiger partial charge is 0.329 e. The number of amides is 3. The summed E-state index contributed by atoms with van der Waals surface area (Å²) in [4.78, 5) is 31.2. The normalized spacial score (nSPS) is 16.0. The first kappa shape index (κ1) is 20.4. The number of ether oxygens (including phenoxy) is 2. The maximum atomic E-state index is 13.1. The van der Waals surface area contributed by atoms with Crippen LogP contribution in [-0.4, -0.2) is 52.5 Å². The molecule has 1 unspecified atom stereocenters. The van der Waals surface area contributed by atoms with E-state index >= 15 is 0 Å².